The normalized spacial score (nSPS) is 11.0. The molecule has 0 saturated heterocycles. The maximum absolute atomic E-state index is 9.75. The molecule has 0 radical (unpaired) electrons. The lowest BCUT2D eigenvalue weighted by atomic mass is 10.0. The molecule has 0 aliphatic heterocycles. The largest absolute Gasteiger partial charge is 0.673 e. The van der Waals surface area contributed by atoms with Crippen molar-refractivity contribution < 1.29 is 21.7 Å². The number of hydrogen-bond donors (Lipinski definition) is 0. The Labute approximate surface area is 150 Å². The molecule has 0 amide bonds. The molecule has 0 bridgehead atoms. The van der Waals surface area contributed by atoms with Gasteiger partial charge in [0.25, 0.3) is 0 Å². The van der Waals surface area contributed by atoms with Crippen molar-refractivity contribution in [1.29, 1.82) is 0 Å². The molecule has 1 nitrogen and oxygen atoms in total. The molecule has 0 aliphatic rings. The molecule has 0 atom stereocenters. The van der Waals surface area contributed by atoms with Crippen LogP contribution in [-0.2, 0) is 0 Å². The highest BCUT2D eigenvalue weighted by atomic mass is 19.5. The summed E-state index contributed by atoms with van der Waals surface area (Å²) in [6, 6.07) is 25.0. The lowest BCUT2D eigenvalue weighted by Crippen LogP contribution is -2.02. The van der Waals surface area contributed by atoms with Crippen molar-refractivity contribution in [2.24, 2.45) is 0 Å². The molecule has 0 saturated carbocycles. The summed E-state index contributed by atoms with van der Waals surface area (Å²) in [5, 5.41) is 0. The van der Waals surface area contributed by atoms with Crippen LogP contribution in [0.1, 0.15) is 25.5 Å². The van der Waals surface area contributed by atoms with Gasteiger partial charge in [-0.3, -0.25) is 0 Å². The van der Waals surface area contributed by atoms with Crippen molar-refractivity contribution in [1.82, 2.24) is 0 Å². The highest BCUT2D eigenvalue weighted by molar-refractivity contribution is 6.50. The predicted octanol–water partition coefficient (Wildman–Crippen LogP) is 7.32. The van der Waals surface area contributed by atoms with Gasteiger partial charge in [-0.15, -0.1) is 0 Å². The Hall–Kier alpha value is -2.63. The van der Waals surface area contributed by atoms with E-state index >= 15 is 0 Å². The molecular formula is C20H19BF4O. The molecule has 0 N–H and O–H groups in total. The van der Waals surface area contributed by atoms with Crippen molar-refractivity contribution in [3.63, 3.8) is 0 Å². The summed E-state index contributed by atoms with van der Waals surface area (Å²) in [5.41, 5.74) is 3.52. The molecule has 0 aliphatic carbocycles. The number of benzene rings is 2. The van der Waals surface area contributed by atoms with E-state index in [-0.39, 0.29) is 0 Å². The van der Waals surface area contributed by atoms with Crippen molar-refractivity contribution in [2.75, 3.05) is 0 Å². The van der Waals surface area contributed by atoms with Gasteiger partial charge in [0.2, 0.25) is 0 Å². The maximum Gasteiger partial charge on any atom is 0.673 e. The molecule has 1 heterocycles. The van der Waals surface area contributed by atoms with Crippen LogP contribution in [-0.4, -0.2) is 7.25 Å². The molecule has 1 aromatic heterocycles. The summed E-state index contributed by atoms with van der Waals surface area (Å²) >= 11 is 0. The average Bonchev–Trinajstić information content (AvgIpc) is 2.61. The first-order chi connectivity index (χ1) is 12.2. The third-order valence-electron chi connectivity index (χ3n) is 3.55. The van der Waals surface area contributed by atoms with Crippen molar-refractivity contribution in [3.8, 4) is 22.5 Å². The van der Waals surface area contributed by atoms with Crippen LogP contribution in [0.15, 0.2) is 77.2 Å². The predicted molar refractivity (Wildman–Crippen MR) is 98.3 cm³/mol. The molecule has 136 valence electrons. The van der Waals surface area contributed by atoms with Gasteiger partial charge in [-0.05, 0) is 17.7 Å². The second-order valence-electron chi connectivity index (χ2n) is 5.99. The topological polar surface area (TPSA) is 11.3 Å². The van der Waals surface area contributed by atoms with E-state index < -0.39 is 7.25 Å². The standard InChI is InChI=1S/C20H19O.BF4/c1-15(2)19-13-18(16-9-5-3-6-10-16)14-20(21-19)17-11-7-4-8-12-17;2-1(3,4)5/h3-15H,1-2H3;/q+1;-1. The van der Waals surface area contributed by atoms with E-state index in [1.807, 2.05) is 24.3 Å². The second kappa shape index (κ2) is 8.65. The summed E-state index contributed by atoms with van der Waals surface area (Å²) in [6.45, 7) is 4.31. The van der Waals surface area contributed by atoms with Gasteiger partial charge in [-0.2, -0.15) is 0 Å². The zero-order valence-electron chi connectivity index (χ0n) is 14.5. The highest BCUT2D eigenvalue weighted by Crippen LogP contribution is 2.30. The van der Waals surface area contributed by atoms with Gasteiger partial charge in [0, 0.05) is 11.6 Å². The summed E-state index contributed by atoms with van der Waals surface area (Å²) in [5.74, 6) is 2.28. The minimum absolute atomic E-state index is 0.358. The third kappa shape index (κ3) is 6.35. The van der Waals surface area contributed by atoms with Crippen LogP contribution in [0.4, 0.5) is 17.3 Å². The Morgan fingerprint density at radius 3 is 1.62 bits per heavy atom. The molecule has 26 heavy (non-hydrogen) atoms. The third-order valence-corrected chi connectivity index (χ3v) is 3.55. The molecule has 0 unspecified atom stereocenters. The van der Waals surface area contributed by atoms with Gasteiger partial charge in [-0.25, -0.2) is 4.42 Å². The van der Waals surface area contributed by atoms with E-state index in [9.17, 15) is 17.3 Å². The van der Waals surface area contributed by atoms with Gasteiger partial charge in [0.05, 0.1) is 17.5 Å². The highest BCUT2D eigenvalue weighted by Gasteiger charge is 2.21. The molecule has 0 spiro atoms. The average molecular weight is 362 g/mol. The van der Waals surface area contributed by atoms with Gasteiger partial charge >= 0.3 is 18.8 Å². The van der Waals surface area contributed by atoms with Crippen LogP contribution >= 0.6 is 0 Å². The lowest BCUT2D eigenvalue weighted by Gasteiger charge is -2.03. The lowest BCUT2D eigenvalue weighted by molar-refractivity contribution is 0.368. The zero-order chi connectivity index (χ0) is 19.2. The SMILES string of the molecule is CC(C)c1cc(-c2ccccc2)cc(-c2ccccc2)[o+]1.F[B-](F)(F)F. The fourth-order valence-corrected chi connectivity index (χ4v) is 2.35. The summed E-state index contributed by atoms with van der Waals surface area (Å²) in [7, 11) is -6.00. The molecule has 2 aromatic carbocycles. The minimum Gasteiger partial charge on any atom is -0.418 e. The van der Waals surface area contributed by atoms with Gasteiger partial charge in [0.15, 0.2) is 0 Å². The fourth-order valence-electron chi connectivity index (χ4n) is 2.35. The van der Waals surface area contributed by atoms with E-state index in [4.69, 9.17) is 4.42 Å². The Morgan fingerprint density at radius 2 is 1.15 bits per heavy atom. The Kier molecular flexibility index (Phi) is 6.55. The van der Waals surface area contributed by atoms with E-state index in [0.717, 1.165) is 17.1 Å². The van der Waals surface area contributed by atoms with Crippen LogP contribution in [0.5, 0.6) is 0 Å². The van der Waals surface area contributed by atoms with E-state index in [1.165, 1.54) is 11.1 Å². The number of halogens is 4. The smallest absolute Gasteiger partial charge is 0.418 e. The van der Waals surface area contributed by atoms with E-state index in [2.05, 4.69) is 62.4 Å². The summed E-state index contributed by atoms with van der Waals surface area (Å²) in [4.78, 5) is 0. The van der Waals surface area contributed by atoms with E-state index in [1.54, 1.807) is 0 Å². The van der Waals surface area contributed by atoms with Crippen LogP contribution in [0.2, 0.25) is 0 Å². The van der Waals surface area contributed by atoms with Gasteiger partial charge in [-0.1, -0.05) is 62.4 Å². The van der Waals surface area contributed by atoms with Crippen molar-refractivity contribution >= 4 is 7.25 Å². The number of rotatable bonds is 3. The first-order valence-corrected chi connectivity index (χ1v) is 8.20. The first kappa shape index (κ1) is 19.7. The zero-order valence-corrected chi connectivity index (χ0v) is 14.5. The Morgan fingerprint density at radius 1 is 0.692 bits per heavy atom. The van der Waals surface area contributed by atoms with Crippen molar-refractivity contribution in [3.05, 3.63) is 78.6 Å². The molecule has 6 heteroatoms. The molecule has 3 aromatic rings. The van der Waals surface area contributed by atoms with E-state index in [0.29, 0.717) is 5.92 Å². The molecule has 3 rings (SSSR count). The summed E-state index contributed by atoms with van der Waals surface area (Å²) < 4.78 is 45.1. The fraction of sp³-hybridized carbons (Fsp3) is 0.150. The molecular weight excluding hydrogens is 343 g/mol. The van der Waals surface area contributed by atoms with Crippen LogP contribution in [0.3, 0.4) is 0 Å². The second-order valence-corrected chi connectivity index (χ2v) is 5.99. The number of hydrogen-bond acceptors (Lipinski definition) is 0. The first-order valence-electron chi connectivity index (χ1n) is 8.20. The molecule has 0 fully saturated rings. The van der Waals surface area contributed by atoms with Gasteiger partial charge in [0.1, 0.15) is 0 Å². The minimum atomic E-state index is -6.00. The quantitative estimate of drug-likeness (QED) is 0.270. The summed E-state index contributed by atoms with van der Waals surface area (Å²) in [6.07, 6.45) is 0. The van der Waals surface area contributed by atoms with Gasteiger partial charge < -0.3 is 17.3 Å². The Balaban J connectivity index is 0.000000431. The Bertz CT molecular complexity index is 754. The van der Waals surface area contributed by atoms with Crippen LogP contribution < -0.4 is 0 Å². The monoisotopic (exact) mass is 362 g/mol. The van der Waals surface area contributed by atoms with Crippen molar-refractivity contribution in [2.45, 2.75) is 19.8 Å². The van der Waals surface area contributed by atoms with Crippen LogP contribution in [0, 0.1) is 0 Å². The maximum atomic E-state index is 9.75. The van der Waals surface area contributed by atoms with Crippen LogP contribution in [0.25, 0.3) is 22.5 Å².